The fourth-order valence-corrected chi connectivity index (χ4v) is 0.861. The highest BCUT2D eigenvalue weighted by Gasteiger charge is 1.90. The van der Waals surface area contributed by atoms with E-state index in [0.717, 1.165) is 11.4 Å². The Kier molecular flexibility index (Phi) is 2.97. The molecule has 0 aliphatic carbocycles. The van der Waals surface area contributed by atoms with E-state index in [1.807, 2.05) is 45.2 Å². The van der Waals surface area contributed by atoms with Crippen molar-refractivity contribution in [1.29, 1.82) is 0 Å². The van der Waals surface area contributed by atoms with Crippen LogP contribution in [0.15, 0.2) is 23.2 Å². The smallest absolute Gasteiger partial charge is 0.0811 e. The van der Waals surface area contributed by atoms with E-state index in [1.165, 1.54) is 0 Å². The van der Waals surface area contributed by atoms with E-state index in [0.29, 0.717) is 6.04 Å². The lowest BCUT2D eigenvalue weighted by Crippen LogP contribution is -1.93. The summed E-state index contributed by atoms with van der Waals surface area (Å²) in [6, 6.07) is 6.27. The normalized spacial score (nSPS) is 11.3. The van der Waals surface area contributed by atoms with Gasteiger partial charge in [-0.3, -0.25) is 9.98 Å². The van der Waals surface area contributed by atoms with E-state index in [4.69, 9.17) is 0 Å². The lowest BCUT2D eigenvalue weighted by Gasteiger charge is -1.96. The number of hydrogen-bond acceptors (Lipinski definition) is 2. The molecule has 1 rings (SSSR count). The van der Waals surface area contributed by atoms with E-state index >= 15 is 0 Å². The summed E-state index contributed by atoms with van der Waals surface area (Å²) in [6.07, 6.45) is 1.82. The van der Waals surface area contributed by atoms with Crippen molar-refractivity contribution in [1.82, 2.24) is 4.98 Å². The number of aliphatic imine (C=N–C) groups is 1. The maximum Gasteiger partial charge on any atom is 0.0811 e. The first kappa shape index (κ1) is 8.91. The predicted octanol–water partition coefficient (Wildman–Crippen LogP) is 2.22. The first-order valence-electron chi connectivity index (χ1n) is 4.15. The minimum atomic E-state index is 0.340. The molecule has 2 heteroatoms. The van der Waals surface area contributed by atoms with E-state index in [1.54, 1.807) is 0 Å². The Bertz CT molecular complexity index is 277. The minimum Gasteiger partial charge on any atom is -0.288 e. The molecule has 0 amide bonds. The Morgan fingerprint density at radius 2 is 2.17 bits per heavy atom. The third kappa shape index (κ3) is 2.82. The van der Waals surface area contributed by atoms with Gasteiger partial charge in [-0.1, -0.05) is 6.07 Å². The van der Waals surface area contributed by atoms with Gasteiger partial charge in [-0.15, -0.1) is 0 Å². The van der Waals surface area contributed by atoms with Crippen molar-refractivity contribution in [3.05, 3.63) is 29.6 Å². The second-order valence-corrected chi connectivity index (χ2v) is 3.08. The molecule has 1 aromatic rings. The second-order valence-electron chi connectivity index (χ2n) is 3.08. The largest absolute Gasteiger partial charge is 0.288 e. The molecule has 0 aliphatic heterocycles. The highest BCUT2D eigenvalue weighted by molar-refractivity contribution is 5.76. The Balaban J connectivity index is 2.76. The van der Waals surface area contributed by atoms with Gasteiger partial charge in [0.05, 0.1) is 5.69 Å². The van der Waals surface area contributed by atoms with Gasteiger partial charge < -0.3 is 0 Å². The summed E-state index contributed by atoms with van der Waals surface area (Å²) in [6.45, 7) is 6.07. The van der Waals surface area contributed by atoms with E-state index in [9.17, 15) is 0 Å². The van der Waals surface area contributed by atoms with Gasteiger partial charge in [0.1, 0.15) is 0 Å². The number of aromatic nitrogens is 1. The maximum atomic E-state index is 4.30. The molecule has 0 saturated heterocycles. The summed E-state index contributed by atoms with van der Waals surface area (Å²) in [5.41, 5.74) is 1.96. The van der Waals surface area contributed by atoms with Crippen molar-refractivity contribution >= 4 is 6.21 Å². The fourth-order valence-electron chi connectivity index (χ4n) is 0.861. The zero-order valence-corrected chi connectivity index (χ0v) is 7.78. The van der Waals surface area contributed by atoms with Gasteiger partial charge in [0.2, 0.25) is 0 Å². The molecule has 0 bridgehead atoms. The monoisotopic (exact) mass is 162 g/mol. The van der Waals surface area contributed by atoms with Crippen LogP contribution in [0.5, 0.6) is 0 Å². The third-order valence-electron chi connectivity index (χ3n) is 1.41. The van der Waals surface area contributed by atoms with E-state index < -0.39 is 0 Å². The average Bonchev–Trinajstić information content (AvgIpc) is 2.01. The highest BCUT2D eigenvalue weighted by atomic mass is 14.8. The highest BCUT2D eigenvalue weighted by Crippen LogP contribution is 1.95. The molecule has 12 heavy (non-hydrogen) atoms. The van der Waals surface area contributed by atoms with Crippen LogP contribution in [0.25, 0.3) is 0 Å². The quantitative estimate of drug-likeness (QED) is 0.612. The molecule has 1 aromatic heterocycles. The van der Waals surface area contributed by atoms with Gasteiger partial charge in [0.25, 0.3) is 0 Å². The molecule has 0 atom stereocenters. The number of rotatable bonds is 2. The minimum absolute atomic E-state index is 0.340. The zero-order valence-electron chi connectivity index (χ0n) is 7.78. The first-order valence-corrected chi connectivity index (χ1v) is 4.15. The zero-order chi connectivity index (χ0) is 8.97. The number of nitrogens with zero attached hydrogens (tertiary/aromatic N) is 2. The summed E-state index contributed by atoms with van der Waals surface area (Å²) in [5.74, 6) is 0. The molecular formula is C10H14N2. The van der Waals surface area contributed by atoms with Crippen molar-refractivity contribution in [3.63, 3.8) is 0 Å². The topological polar surface area (TPSA) is 25.2 Å². The Morgan fingerprint density at radius 1 is 1.42 bits per heavy atom. The third-order valence-corrected chi connectivity index (χ3v) is 1.41. The number of hydrogen-bond donors (Lipinski definition) is 0. The average molecular weight is 162 g/mol. The van der Waals surface area contributed by atoms with Crippen LogP contribution in [0.3, 0.4) is 0 Å². The van der Waals surface area contributed by atoms with Crippen LogP contribution >= 0.6 is 0 Å². The lowest BCUT2D eigenvalue weighted by molar-refractivity contribution is 0.840. The molecule has 0 radical (unpaired) electrons. The van der Waals surface area contributed by atoms with Gasteiger partial charge in [-0.2, -0.15) is 0 Å². The Morgan fingerprint density at radius 3 is 2.75 bits per heavy atom. The van der Waals surface area contributed by atoms with Crippen molar-refractivity contribution in [2.45, 2.75) is 26.8 Å². The van der Waals surface area contributed by atoms with Gasteiger partial charge in [0, 0.05) is 18.0 Å². The second kappa shape index (κ2) is 4.00. The molecule has 64 valence electrons. The van der Waals surface area contributed by atoms with Gasteiger partial charge in [-0.05, 0) is 32.9 Å². The summed E-state index contributed by atoms with van der Waals surface area (Å²) < 4.78 is 0. The molecule has 1 heterocycles. The van der Waals surface area contributed by atoms with Crippen molar-refractivity contribution < 1.29 is 0 Å². The van der Waals surface area contributed by atoms with Crippen LogP contribution in [0, 0.1) is 6.92 Å². The van der Waals surface area contributed by atoms with Crippen LogP contribution in [-0.2, 0) is 0 Å². The molecule has 2 nitrogen and oxygen atoms in total. The lowest BCUT2D eigenvalue weighted by atomic mass is 10.3. The molecule has 0 saturated carbocycles. The van der Waals surface area contributed by atoms with Crippen LogP contribution in [0.1, 0.15) is 25.2 Å². The molecule has 0 spiro atoms. The molecule has 0 aliphatic rings. The van der Waals surface area contributed by atoms with E-state index in [2.05, 4.69) is 9.98 Å². The standard InChI is InChI=1S/C10H14N2/c1-8(2)11-7-10-6-4-5-9(3)12-10/h4-8H,1-3H3. The van der Waals surface area contributed by atoms with Gasteiger partial charge >= 0.3 is 0 Å². The summed E-state index contributed by atoms with van der Waals surface area (Å²) >= 11 is 0. The number of aryl methyl sites for hydroxylation is 1. The van der Waals surface area contributed by atoms with Crippen LogP contribution < -0.4 is 0 Å². The van der Waals surface area contributed by atoms with Crippen LogP contribution in [0.2, 0.25) is 0 Å². The molecule has 0 unspecified atom stereocenters. The van der Waals surface area contributed by atoms with Gasteiger partial charge in [-0.25, -0.2) is 0 Å². The summed E-state index contributed by atoms with van der Waals surface area (Å²) in [7, 11) is 0. The summed E-state index contributed by atoms with van der Waals surface area (Å²) in [4.78, 5) is 8.54. The SMILES string of the molecule is Cc1cccc(C=NC(C)C)n1. The van der Waals surface area contributed by atoms with Gasteiger partial charge in [0.15, 0.2) is 0 Å². The van der Waals surface area contributed by atoms with Crippen molar-refractivity contribution in [2.75, 3.05) is 0 Å². The van der Waals surface area contributed by atoms with Crippen LogP contribution in [0.4, 0.5) is 0 Å². The predicted molar refractivity (Wildman–Crippen MR) is 51.7 cm³/mol. The summed E-state index contributed by atoms with van der Waals surface area (Å²) in [5, 5.41) is 0. The molecule has 0 fully saturated rings. The molecule has 0 aromatic carbocycles. The maximum absolute atomic E-state index is 4.30. The van der Waals surface area contributed by atoms with Crippen molar-refractivity contribution in [2.24, 2.45) is 4.99 Å². The molecular weight excluding hydrogens is 148 g/mol. The van der Waals surface area contributed by atoms with Crippen molar-refractivity contribution in [3.8, 4) is 0 Å². The van der Waals surface area contributed by atoms with Crippen LogP contribution in [-0.4, -0.2) is 17.2 Å². The Labute approximate surface area is 73.4 Å². The van der Waals surface area contributed by atoms with E-state index in [-0.39, 0.29) is 0 Å². The molecule has 0 N–H and O–H groups in total. The number of pyridine rings is 1. The Hall–Kier alpha value is -1.18. The first-order chi connectivity index (χ1) is 5.68. The fraction of sp³-hybridized carbons (Fsp3) is 0.400.